The average Bonchev–Trinajstić information content (AvgIpc) is 3.60. The van der Waals surface area contributed by atoms with E-state index in [2.05, 4.69) is 37.2 Å². The van der Waals surface area contributed by atoms with Gasteiger partial charge in [-0.25, -0.2) is 4.79 Å². The van der Waals surface area contributed by atoms with E-state index in [4.69, 9.17) is 39.3 Å². The van der Waals surface area contributed by atoms with Crippen LogP contribution >= 0.6 is 11.6 Å². The number of amides is 7. The molecule has 25 nitrogen and oxygen atoms in total. The van der Waals surface area contributed by atoms with E-state index >= 15 is 0 Å². The summed E-state index contributed by atoms with van der Waals surface area (Å²) in [5.41, 5.74) is 24.7. The van der Waals surface area contributed by atoms with Crippen molar-refractivity contribution in [3.63, 3.8) is 0 Å². The number of Topliss-reactive ketones (excluding diaryl/α,β-unsaturated/α-hetero) is 3. The second-order valence-corrected chi connectivity index (χ2v) is 22.4. The Morgan fingerprint density at radius 1 is 0.690 bits per heavy atom. The number of rotatable bonds is 25. The SMILES string of the molecule is CC(C)C[C@@H]1NC(=O)[C@@H](Cc2ccccc2)NC(=O)[C@H](CCN)NC(=O)[C@@H](CC(=O)[C@H](CCN)NC(=O)[C@@H](CC(=O)Cc2cc(C(=O)OC(C)C)ccc2Cl)[C@H](C)O)CCNC(=O)[C@H]([C@@H](C)O)NC(=O)[C@H](CCN)CC(=O)[C@H](CCN)NC1=O. The summed E-state index contributed by atoms with van der Waals surface area (Å²) in [4.78, 5) is 154. The molecule has 3 rings (SSSR count). The second kappa shape index (κ2) is 36.2. The molecule has 2 aromatic rings. The van der Waals surface area contributed by atoms with E-state index in [1.807, 2.05) is 0 Å². The highest BCUT2D eigenvalue weighted by molar-refractivity contribution is 6.31. The number of hydrogen-bond acceptors (Lipinski definition) is 18. The maximum absolute atomic E-state index is 14.6. The van der Waals surface area contributed by atoms with Crippen LogP contribution in [0, 0.1) is 23.7 Å². The molecule has 7 amide bonds. The molecule has 1 aliphatic heterocycles. The Morgan fingerprint density at radius 3 is 1.87 bits per heavy atom. The van der Waals surface area contributed by atoms with Crippen molar-refractivity contribution in [3.05, 3.63) is 70.2 Å². The van der Waals surface area contributed by atoms with Gasteiger partial charge in [-0.3, -0.25) is 47.9 Å². The van der Waals surface area contributed by atoms with Crippen molar-refractivity contribution in [1.29, 1.82) is 0 Å². The molecule has 1 fully saturated rings. The number of esters is 1. The first kappa shape index (κ1) is 71.5. The molecule has 0 saturated carbocycles. The lowest BCUT2D eigenvalue weighted by molar-refractivity contribution is -0.137. The third-order valence-corrected chi connectivity index (χ3v) is 14.4. The summed E-state index contributed by atoms with van der Waals surface area (Å²) in [5.74, 6) is -12.7. The van der Waals surface area contributed by atoms with Crippen molar-refractivity contribution < 1.29 is 67.7 Å². The normalized spacial score (nSPS) is 22.5. The molecule has 17 N–H and O–H groups in total. The van der Waals surface area contributed by atoms with E-state index in [9.17, 15) is 63.0 Å². The zero-order valence-corrected chi connectivity index (χ0v) is 49.7. The van der Waals surface area contributed by atoms with Gasteiger partial charge in [0.1, 0.15) is 30.0 Å². The molecular weight excluding hydrogens is 1110 g/mol. The third-order valence-electron chi connectivity index (χ3n) is 14.1. The highest BCUT2D eigenvalue weighted by Gasteiger charge is 2.37. The molecule has 466 valence electrons. The Hall–Kier alpha value is -6.74. The molecule has 0 aromatic heterocycles. The smallest absolute Gasteiger partial charge is 0.338 e. The predicted molar refractivity (Wildman–Crippen MR) is 312 cm³/mol. The van der Waals surface area contributed by atoms with Crippen molar-refractivity contribution in [3.8, 4) is 0 Å². The predicted octanol–water partition coefficient (Wildman–Crippen LogP) is -0.952. The van der Waals surface area contributed by atoms with Gasteiger partial charge in [-0.15, -0.1) is 0 Å². The first-order valence-corrected chi connectivity index (χ1v) is 29.0. The van der Waals surface area contributed by atoms with Gasteiger partial charge in [0.15, 0.2) is 11.6 Å². The summed E-state index contributed by atoms with van der Waals surface area (Å²) in [5, 5.41) is 40.2. The van der Waals surface area contributed by atoms with Gasteiger partial charge in [-0.2, -0.15) is 0 Å². The summed E-state index contributed by atoms with van der Waals surface area (Å²) in [6, 6.07) is 4.50. The lowest BCUT2D eigenvalue weighted by Gasteiger charge is -2.28. The standard InChI is InChI=1S/C58H88ClN11O14/c1-31(2)24-46-55(80)66-44(16-21-62)48(74)28-36(14-19-60)52(77)70-50(34(6)72)57(82)64-23-18-37(51(76)67-45(17-22-63)54(79)69-47(56(81)68-46)25-35-10-8-7-9-11-35)29-49(75)43(15-20-61)65-53(78)41(33(5)71)30-40(73)27-39-26-38(12-13-42(39)59)58(83)84-32(3)4/h7-13,26,31-34,36-37,41,43-47,50,71-72H,14-25,27-30,60-63H2,1-6H3,(H,64,82)(H,65,78)(H,66,80)(H,67,76)(H,68,81)(H,69,79)(H,70,77)/t33-,34+,36+,37+,41-,43-,44-,45-,46-,47+,50-/m0/s1. The van der Waals surface area contributed by atoms with Gasteiger partial charge in [0.2, 0.25) is 41.4 Å². The van der Waals surface area contributed by atoms with E-state index in [1.165, 1.54) is 32.0 Å². The van der Waals surface area contributed by atoms with Crippen LogP contribution in [0.1, 0.15) is 121 Å². The Labute approximate surface area is 495 Å². The van der Waals surface area contributed by atoms with E-state index in [0.29, 0.717) is 5.56 Å². The topological polar surface area (TPSA) is 426 Å². The van der Waals surface area contributed by atoms with Crippen molar-refractivity contribution in [2.75, 3.05) is 32.7 Å². The first-order chi connectivity index (χ1) is 39.7. The van der Waals surface area contributed by atoms with Gasteiger partial charge in [0.05, 0.1) is 41.9 Å². The number of benzene rings is 2. The summed E-state index contributed by atoms with van der Waals surface area (Å²) in [6.45, 7) is 8.58. The van der Waals surface area contributed by atoms with Gasteiger partial charge in [0, 0.05) is 55.5 Å². The summed E-state index contributed by atoms with van der Waals surface area (Å²) in [7, 11) is 0. The fourth-order valence-electron chi connectivity index (χ4n) is 9.45. The van der Waals surface area contributed by atoms with Crippen LogP contribution in [0.4, 0.5) is 0 Å². The Kier molecular flexibility index (Phi) is 30.8. The van der Waals surface area contributed by atoms with Crippen molar-refractivity contribution in [1.82, 2.24) is 37.2 Å². The maximum Gasteiger partial charge on any atom is 0.338 e. The molecule has 0 unspecified atom stereocenters. The van der Waals surface area contributed by atoms with Crippen LogP contribution in [0.25, 0.3) is 0 Å². The van der Waals surface area contributed by atoms with Gasteiger partial charge in [0.25, 0.3) is 0 Å². The highest BCUT2D eigenvalue weighted by atomic mass is 35.5. The van der Waals surface area contributed by atoms with Crippen molar-refractivity contribution in [2.24, 2.45) is 46.6 Å². The molecule has 1 aliphatic rings. The van der Waals surface area contributed by atoms with Crippen LogP contribution in [-0.2, 0) is 65.5 Å². The lowest BCUT2D eigenvalue weighted by Crippen LogP contribution is -2.59. The van der Waals surface area contributed by atoms with Gasteiger partial charge >= 0.3 is 5.97 Å². The number of nitrogens with two attached hydrogens (primary N) is 4. The minimum atomic E-state index is -1.63. The molecule has 0 radical (unpaired) electrons. The second-order valence-electron chi connectivity index (χ2n) is 22.0. The largest absolute Gasteiger partial charge is 0.459 e. The fourth-order valence-corrected chi connectivity index (χ4v) is 9.64. The number of hydrogen-bond donors (Lipinski definition) is 13. The van der Waals surface area contributed by atoms with Crippen LogP contribution in [-0.4, -0.2) is 162 Å². The Morgan fingerprint density at radius 2 is 1.27 bits per heavy atom. The molecule has 11 atom stereocenters. The zero-order chi connectivity index (χ0) is 62.8. The van der Waals surface area contributed by atoms with E-state index < -0.39 is 156 Å². The Balaban J connectivity index is 2.08. The third kappa shape index (κ3) is 23.7. The van der Waals surface area contributed by atoms with Crippen LogP contribution in [0.15, 0.2) is 48.5 Å². The van der Waals surface area contributed by atoms with Crippen molar-refractivity contribution >= 4 is 76.3 Å². The molecule has 0 bridgehead atoms. The van der Waals surface area contributed by atoms with Gasteiger partial charge in [-0.1, -0.05) is 55.8 Å². The number of ketones is 3. The summed E-state index contributed by atoms with van der Waals surface area (Å²) >= 11 is 6.38. The van der Waals surface area contributed by atoms with Crippen LogP contribution < -0.4 is 60.2 Å². The summed E-state index contributed by atoms with van der Waals surface area (Å²) < 4.78 is 5.25. The molecular formula is C58H88ClN11O14. The van der Waals surface area contributed by atoms with E-state index in [-0.39, 0.29) is 106 Å². The number of carbonyl (C=O) groups excluding carboxylic acids is 11. The van der Waals surface area contributed by atoms with E-state index in [1.54, 1.807) is 58.0 Å². The minimum absolute atomic E-state index is 0.0566. The van der Waals surface area contributed by atoms with Crippen LogP contribution in [0.2, 0.25) is 5.02 Å². The van der Waals surface area contributed by atoms with Crippen LogP contribution in [0.5, 0.6) is 0 Å². The highest BCUT2D eigenvalue weighted by Crippen LogP contribution is 2.23. The maximum atomic E-state index is 14.6. The number of halogens is 1. The molecule has 2 aromatic carbocycles. The average molecular weight is 1200 g/mol. The molecule has 0 aliphatic carbocycles. The van der Waals surface area contributed by atoms with Gasteiger partial charge < -0.3 is 75.1 Å². The molecule has 84 heavy (non-hydrogen) atoms. The molecule has 26 heteroatoms. The lowest BCUT2D eigenvalue weighted by atomic mass is 9.90. The monoisotopic (exact) mass is 1200 g/mol. The fraction of sp³-hybridized carbons (Fsp3) is 0.603. The molecule has 0 spiro atoms. The van der Waals surface area contributed by atoms with Crippen molar-refractivity contribution in [2.45, 2.75) is 167 Å². The number of nitrogens with one attached hydrogen (secondary N) is 7. The molecule has 1 saturated heterocycles. The van der Waals surface area contributed by atoms with Crippen LogP contribution in [0.3, 0.4) is 0 Å². The quantitative estimate of drug-likeness (QED) is 0.0533. The number of aliphatic hydroxyl groups excluding tert-OH is 2. The number of aliphatic hydroxyl groups is 2. The molecule has 1 heterocycles. The van der Waals surface area contributed by atoms with Gasteiger partial charge in [-0.05, 0) is 128 Å². The Bertz CT molecular complexity index is 2570. The summed E-state index contributed by atoms with van der Waals surface area (Å²) in [6.07, 6.45) is -6.25. The minimum Gasteiger partial charge on any atom is -0.459 e. The first-order valence-electron chi connectivity index (χ1n) is 28.6. The number of ether oxygens (including phenoxy) is 1. The van der Waals surface area contributed by atoms with E-state index in [0.717, 1.165) is 0 Å². The zero-order valence-electron chi connectivity index (χ0n) is 48.9. The number of carbonyl (C=O) groups is 11.